The lowest BCUT2D eigenvalue weighted by Crippen LogP contribution is -2.48. The van der Waals surface area contributed by atoms with Crippen LogP contribution in [0.3, 0.4) is 0 Å². The average molecular weight is 340 g/mol. The first kappa shape index (κ1) is 15.4. The molecule has 2 heterocycles. The van der Waals surface area contributed by atoms with E-state index in [-0.39, 0.29) is 11.9 Å². The fraction of sp³-hybridized carbons (Fsp3) is 0.600. The summed E-state index contributed by atoms with van der Waals surface area (Å²) in [6.07, 6.45) is 6.96. The highest BCUT2D eigenvalue weighted by Crippen LogP contribution is 2.16. The van der Waals surface area contributed by atoms with Crippen LogP contribution in [0.2, 0.25) is 0 Å². The molecule has 1 aromatic rings. The Morgan fingerprint density at radius 2 is 2.30 bits per heavy atom. The van der Waals surface area contributed by atoms with Gasteiger partial charge in [-0.25, -0.2) is 0 Å². The number of amides is 1. The van der Waals surface area contributed by atoms with Gasteiger partial charge < -0.3 is 10.2 Å². The topological polar surface area (TPSA) is 45.2 Å². The quantitative estimate of drug-likeness (QED) is 0.917. The summed E-state index contributed by atoms with van der Waals surface area (Å²) in [6, 6.07) is 2.43. The molecule has 0 spiro atoms. The van der Waals surface area contributed by atoms with E-state index in [4.69, 9.17) is 0 Å². The Morgan fingerprint density at radius 3 is 2.90 bits per heavy atom. The van der Waals surface area contributed by atoms with Crippen LogP contribution in [0.1, 0.15) is 43.5 Å². The minimum atomic E-state index is 0.0566. The highest BCUT2D eigenvalue weighted by molar-refractivity contribution is 9.10. The lowest BCUT2D eigenvalue weighted by atomic mass is 10.0. The van der Waals surface area contributed by atoms with Crippen LogP contribution in [0.5, 0.6) is 0 Å². The molecule has 1 saturated heterocycles. The van der Waals surface area contributed by atoms with Gasteiger partial charge in [0.2, 0.25) is 0 Å². The summed E-state index contributed by atoms with van der Waals surface area (Å²) >= 11 is 3.37. The Balaban J connectivity index is 2.09. The van der Waals surface area contributed by atoms with Crippen molar-refractivity contribution < 1.29 is 4.79 Å². The summed E-state index contributed by atoms with van der Waals surface area (Å²) in [5, 5.41) is 3.50. The van der Waals surface area contributed by atoms with E-state index in [1.807, 2.05) is 11.0 Å². The molecule has 1 aromatic heterocycles. The van der Waals surface area contributed by atoms with Gasteiger partial charge in [-0.05, 0) is 55.2 Å². The van der Waals surface area contributed by atoms with Gasteiger partial charge in [-0.15, -0.1) is 0 Å². The van der Waals surface area contributed by atoms with E-state index in [1.165, 1.54) is 12.8 Å². The molecule has 1 atom stereocenters. The summed E-state index contributed by atoms with van der Waals surface area (Å²) in [7, 11) is 0. The van der Waals surface area contributed by atoms with Crippen molar-refractivity contribution in [2.75, 3.05) is 13.1 Å². The normalized spacial score (nSPS) is 19.1. The number of rotatable bonds is 4. The van der Waals surface area contributed by atoms with E-state index in [0.29, 0.717) is 11.6 Å². The average Bonchev–Trinajstić information content (AvgIpc) is 2.45. The molecule has 0 saturated carbocycles. The van der Waals surface area contributed by atoms with Crippen molar-refractivity contribution in [3.63, 3.8) is 0 Å². The highest BCUT2D eigenvalue weighted by atomic mass is 79.9. The van der Waals surface area contributed by atoms with Crippen molar-refractivity contribution in [2.45, 2.75) is 45.2 Å². The van der Waals surface area contributed by atoms with Gasteiger partial charge in [0.05, 0.1) is 5.56 Å². The van der Waals surface area contributed by atoms with Crippen LogP contribution < -0.4 is 5.32 Å². The summed E-state index contributed by atoms with van der Waals surface area (Å²) in [5.74, 6) is 0.0566. The lowest BCUT2D eigenvalue weighted by molar-refractivity contribution is 0.0676. The minimum Gasteiger partial charge on any atom is -0.335 e. The van der Waals surface area contributed by atoms with Gasteiger partial charge in [0.25, 0.3) is 5.91 Å². The van der Waals surface area contributed by atoms with E-state index in [2.05, 4.69) is 40.1 Å². The number of pyridine rings is 1. The molecule has 5 heteroatoms. The Hall–Kier alpha value is -0.940. The Labute approximate surface area is 129 Å². The molecule has 0 aliphatic carbocycles. The number of hydrogen-bond acceptors (Lipinski definition) is 3. The van der Waals surface area contributed by atoms with E-state index >= 15 is 0 Å². The van der Waals surface area contributed by atoms with Crippen LogP contribution in [-0.4, -0.2) is 41.0 Å². The Bertz CT molecular complexity index is 458. The Morgan fingerprint density at radius 1 is 1.50 bits per heavy atom. The first-order chi connectivity index (χ1) is 9.58. The molecule has 0 radical (unpaired) electrons. The van der Waals surface area contributed by atoms with Crippen LogP contribution in [0.25, 0.3) is 0 Å². The first-order valence-corrected chi connectivity index (χ1v) is 8.02. The first-order valence-electron chi connectivity index (χ1n) is 7.23. The van der Waals surface area contributed by atoms with Crippen LogP contribution in [0.15, 0.2) is 22.9 Å². The zero-order valence-electron chi connectivity index (χ0n) is 12.1. The van der Waals surface area contributed by atoms with Crippen molar-refractivity contribution in [2.24, 2.45) is 0 Å². The maximum Gasteiger partial charge on any atom is 0.255 e. The smallest absolute Gasteiger partial charge is 0.255 e. The second kappa shape index (κ2) is 7.18. The summed E-state index contributed by atoms with van der Waals surface area (Å²) in [4.78, 5) is 18.7. The van der Waals surface area contributed by atoms with Gasteiger partial charge in [-0.1, -0.05) is 6.42 Å². The number of halogens is 1. The van der Waals surface area contributed by atoms with Gasteiger partial charge in [-0.2, -0.15) is 0 Å². The van der Waals surface area contributed by atoms with Crippen molar-refractivity contribution in [3.05, 3.63) is 28.5 Å². The van der Waals surface area contributed by atoms with Gasteiger partial charge in [0.15, 0.2) is 0 Å². The molecular formula is C15H22BrN3O. The molecule has 1 unspecified atom stereocenters. The number of nitrogens with zero attached hydrogens (tertiary/aromatic N) is 2. The molecule has 1 N–H and O–H groups in total. The molecule has 1 fully saturated rings. The number of hydrogen-bond donors (Lipinski definition) is 1. The highest BCUT2D eigenvalue weighted by Gasteiger charge is 2.23. The minimum absolute atomic E-state index is 0.0566. The van der Waals surface area contributed by atoms with Crippen molar-refractivity contribution >= 4 is 21.8 Å². The standard InChI is InChI=1S/C15H22BrN3O/c1-11(2)19(10-14-5-3-4-6-18-14)15(20)12-7-13(16)9-17-8-12/h7-9,11,14,18H,3-6,10H2,1-2H3. The van der Waals surface area contributed by atoms with E-state index in [0.717, 1.165) is 24.0 Å². The molecule has 0 bridgehead atoms. The number of carbonyl (C=O) groups is 1. The maximum atomic E-state index is 12.6. The monoisotopic (exact) mass is 339 g/mol. The molecule has 2 rings (SSSR count). The van der Waals surface area contributed by atoms with Gasteiger partial charge in [0, 0.05) is 35.5 Å². The number of carbonyl (C=O) groups excluding carboxylic acids is 1. The van der Waals surface area contributed by atoms with Crippen LogP contribution in [0.4, 0.5) is 0 Å². The summed E-state index contributed by atoms with van der Waals surface area (Å²) < 4.78 is 0.836. The number of aromatic nitrogens is 1. The fourth-order valence-electron chi connectivity index (χ4n) is 2.54. The molecule has 4 nitrogen and oxygen atoms in total. The second-order valence-electron chi connectivity index (χ2n) is 5.59. The SMILES string of the molecule is CC(C)N(CC1CCCCN1)C(=O)c1cncc(Br)c1. The summed E-state index contributed by atoms with van der Waals surface area (Å²) in [5.41, 5.74) is 0.642. The van der Waals surface area contributed by atoms with Gasteiger partial charge in [-0.3, -0.25) is 9.78 Å². The van der Waals surface area contributed by atoms with Gasteiger partial charge >= 0.3 is 0 Å². The second-order valence-corrected chi connectivity index (χ2v) is 6.51. The van der Waals surface area contributed by atoms with Crippen LogP contribution in [-0.2, 0) is 0 Å². The third kappa shape index (κ3) is 4.03. The zero-order chi connectivity index (χ0) is 14.5. The Kier molecular flexibility index (Phi) is 5.54. The molecule has 110 valence electrons. The molecule has 0 aromatic carbocycles. The molecule has 1 aliphatic heterocycles. The third-order valence-electron chi connectivity index (χ3n) is 3.67. The lowest BCUT2D eigenvalue weighted by Gasteiger charge is -2.33. The third-order valence-corrected chi connectivity index (χ3v) is 4.10. The van der Waals surface area contributed by atoms with Crippen molar-refractivity contribution in [1.29, 1.82) is 0 Å². The molecule has 20 heavy (non-hydrogen) atoms. The van der Waals surface area contributed by atoms with Crippen molar-refractivity contribution in [3.8, 4) is 0 Å². The van der Waals surface area contributed by atoms with Crippen LogP contribution >= 0.6 is 15.9 Å². The van der Waals surface area contributed by atoms with E-state index < -0.39 is 0 Å². The molecule has 1 aliphatic rings. The zero-order valence-corrected chi connectivity index (χ0v) is 13.7. The number of nitrogens with one attached hydrogen (secondary N) is 1. The number of piperidine rings is 1. The van der Waals surface area contributed by atoms with Crippen LogP contribution in [0, 0.1) is 0 Å². The fourth-order valence-corrected chi connectivity index (χ4v) is 2.90. The largest absolute Gasteiger partial charge is 0.335 e. The predicted octanol–water partition coefficient (Wildman–Crippen LogP) is 2.84. The molecule has 1 amide bonds. The van der Waals surface area contributed by atoms with Gasteiger partial charge in [0.1, 0.15) is 0 Å². The predicted molar refractivity (Wildman–Crippen MR) is 83.8 cm³/mol. The van der Waals surface area contributed by atoms with Crippen molar-refractivity contribution in [1.82, 2.24) is 15.2 Å². The van der Waals surface area contributed by atoms with E-state index in [1.54, 1.807) is 12.4 Å². The molecular weight excluding hydrogens is 318 g/mol. The maximum absolute atomic E-state index is 12.6. The van der Waals surface area contributed by atoms with E-state index in [9.17, 15) is 4.79 Å². The summed E-state index contributed by atoms with van der Waals surface area (Å²) in [6.45, 7) is 5.95.